The Hall–Kier alpha value is -4.49. The van der Waals surface area contributed by atoms with Crippen molar-refractivity contribution in [2.45, 2.75) is 63.9 Å². The molecule has 1 unspecified atom stereocenters. The van der Waals surface area contributed by atoms with Gasteiger partial charge in [0.2, 0.25) is 0 Å². The molecule has 0 saturated heterocycles. The molecule has 6 aromatic rings. The van der Waals surface area contributed by atoms with Crippen LogP contribution in [0.15, 0.2) is 176 Å². The van der Waals surface area contributed by atoms with E-state index in [2.05, 4.69) is 203 Å². The molecule has 302 valence electrons. The van der Waals surface area contributed by atoms with Crippen LogP contribution < -0.4 is 10.6 Å². The third-order valence-corrected chi connectivity index (χ3v) is 16.5. The van der Waals surface area contributed by atoms with Gasteiger partial charge in [0.25, 0.3) is 0 Å². The van der Waals surface area contributed by atoms with Crippen LogP contribution in [0.5, 0.6) is 0 Å². The van der Waals surface area contributed by atoms with Crippen molar-refractivity contribution in [3.8, 4) is 0 Å². The summed E-state index contributed by atoms with van der Waals surface area (Å²) in [5, 5.41) is 2.90. The van der Waals surface area contributed by atoms with E-state index < -0.39 is 19.6 Å². The Balaban J connectivity index is 0.000000921. The monoisotopic (exact) mass is 895 g/mol. The zero-order chi connectivity index (χ0) is 40.8. The first-order valence-corrected chi connectivity index (χ1v) is 22.3. The van der Waals surface area contributed by atoms with Crippen molar-refractivity contribution in [2.75, 3.05) is 0 Å². The van der Waals surface area contributed by atoms with Crippen molar-refractivity contribution in [2.24, 2.45) is 5.92 Å². The molecule has 0 nitrogen and oxygen atoms in total. The summed E-state index contributed by atoms with van der Waals surface area (Å²) in [4.78, 5) is 0. The van der Waals surface area contributed by atoms with E-state index in [4.69, 9.17) is 0 Å². The number of allylic oxidation sites excluding steroid dienone is 4. The Morgan fingerprint density at radius 3 is 1.49 bits per heavy atom. The zero-order valence-electron chi connectivity index (χ0n) is 33.9. The average molecular weight is 895 g/mol. The molecule has 2 aliphatic rings. The van der Waals surface area contributed by atoms with Gasteiger partial charge in [-0.25, -0.2) is 0 Å². The first-order chi connectivity index (χ1) is 27.9. The molecular formula is C52H51BF4PRu+. The van der Waals surface area contributed by atoms with Crippen molar-refractivity contribution in [3.63, 3.8) is 0 Å². The van der Waals surface area contributed by atoms with Crippen LogP contribution in [-0.4, -0.2) is 13.1 Å². The van der Waals surface area contributed by atoms with Gasteiger partial charge in [-0.05, 0) is 90.1 Å². The Morgan fingerprint density at radius 2 is 1.02 bits per heavy atom. The molecular weight excluding hydrogens is 843 g/mol. The van der Waals surface area contributed by atoms with Gasteiger partial charge in [-0.2, -0.15) is 0 Å². The van der Waals surface area contributed by atoms with Gasteiger partial charge in [-0.15, -0.1) is 0 Å². The summed E-state index contributed by atoms with van der Waals surface area (Å²) in [6.07, 6.45) is 11.6. The van der Waals surface area contributed by atoms with E-state index in [1.807, 2.05) is 0 Å². The fourth-order valence-corrected chi connectivity index (χ4v) is 14.2. The quantitative estimate of drug-likeness (QED) is 0.0730. The minimum Gasteiger partial charge on any atom is -0.418 e. The SMILES string of the molecule is Cc1ccc(C2=CC(C=P(c3ccccc3)(c3ccccc3)[C@@H](CC3CCCC3)c3ccccc3)(c3ccc(C)cc3)C(c3ccc(C)cc3)=C2)cc1.F[B-](F)(F)F.[Ru+2]. The maximum Gasteiger partial charge on any atom is 2.00 e. The van der Waals surface area contributed by atoms with Gasteiger partial charge < -0.3 is 17.3 Å². The fraction of sp³-hybridized carbons (Fsp3) is 0.212. The van der Waals surface area contributed by atoms with Crippen molar-refractivity contribution < 1.29 is 36.7 Å². The van der Waals surface area contributed by atoms with E-state index in [1.54, 1.807) is 0 Å². The smallest absolute Gasteiger partial charge is 0.418 e. The van der Waals surface area contributed by atoms with Crippen molar-refractivity contribution in [3.05, 3.63) is 215 Å². The molecule has 2 aliphatic carbocycles. The summed E-state index contributed by atoms with van der Waals surface area (Å²) in [6.45, 7) is 4.19. The molecule has 0 heterocycles. The van der Waals surface area contributed by atoms with Crippen LogP contribution in [0, 0.1) is 26.7 Å². The van der Waals surface area contributed by atoms with Crippen LogP contribution >= 0.6 is 6.89 Å². The van der Waals surface area contributed by atoms with Crippen molar-refractivity contribution >= 4 is 41.7 Å². The average Bonchev–Trinajstić information content (AvgIpc) is 3.89. The van der Waals surface area contributed by atoms with E-state index in [9.17, 15) is 17.3 Å². The Bertz CT molecular complexity index is 2340. The van der Waals surface area contributed by atoms with E-state index in [-0.39, 0.29) is 19.5 Å². The zero-order valence-corrected chi connectivity index (χ0v) is 36.5. The van der Waals surface area contributed by atoms with E-state index >= 15 is 0 Å². The Morgan fingerprint density at radius 1 is 0.593 bits per heavy atom. The van der Waals surface area contributed by atoms with Gasteiger partial charge in [0.15, 0.2) is 0 Å². The molecule has 8 rings (SSSR count). The largest absolute Gasteiger partial charge is 2.00 e. The van der Waals surface area contributed by atoms with Gasteiger partial charge in [0, 0.05) is 5.66 Å². The fourth-order valence-electron chi connectivity index (χ4n) is 9.05. The Kier molecular flexibility index (Phi) is 14.4. The number of hydrogen-bond acceptors (Lipinski definition) is 0. The molecule has 1 fully saturated rings. The van der Waals surface area contributed by atoms with E-state index in [0.29, 0.717) is 11.6 Å². The molecule has 0 amide bonds. The number of hydrogen-bond donors (Lipinski definition) is 0. The second-order valence-electron chi connectivity index (χ2n) is 16.0. The number of halogens is 4. The predicted molar refractivity (Wildman–Crippen MR) is 242 cm³/mol. The van der Waals surface area contributed by atoms with Gasteiger partial charge in [-0.3, -0.25) is 0 Å². The molecule has 6 aromatic carbocycles. The number of benzene rings is 6. The summed E-state index contributed by atoms with van der Waals surface area (Å²) < 4.78 is 39.0. The van der Waals surface area contributed by atoms with Crippen LogP contribution in [0.4, 0.5) is 17.3 Å². The van der Waals surface area contributed by atoms with Crippen LogP contribution in [0.25, 0.3) is 11.1 Å². The molecule has 59 heavy (non-hydrogen) atoms. The standard InChI is InChI=1S/C52H51P.BF4.Ru/c1-39-23-29-43(30-24-39)46-36-50(44-31-25-40(2)26-32-44)52(37-46,47-33-27-41(3)28-34-47)38-53(48-19-9-5-10-20-48,49-21-11-6-12-22-49)51(35-42-15-13-14-16-42)45-17-7-4-8-18-45;2-1(3,4)5;/h4-12,17-34,36-38,42,51H,13-16,35H2,1-3H3;;/q;-1;+2/t51-,52?;;/m0../s1. The second-order valence-corrected chi connectivity index (χ2v) is 19.5. The summed E-state index contributed by atoms with van der Waals surface area (Å²) in [6, 6.07) is 62.6. The topological polar surface area (TPSA) is 0 Å². The van der Waals surface area contributed by atoms with Crippen molar-refractivity contribution in [1.29, 1.82) is 0 Å². The maximum atomic E-state index is 9.75. The summed E-state index contributed by atoms with van der Waals surface area (Å²) in [5.74, 6) is 3.62. The molecule has 0 aromatic heterocycles. The molecule has 0 radical (unpaired) electrons. The van der Waals surface area contributed by atoms with Gasteiger partial charge in [-0.1, -0.05) is 218 Å². The molecule has 0 N–H and O–H groups in total. The summed E-state index contributed by atoms with van der Waals surface area (Å²) in [7, 11) is -6.00. The van der Waals surface area contributed by atoms with Gasteiger partial charge in [0.1, 0.15) is 0 Å². The molecule has 1 saturated carbocycles. The third kappa shape index (κ3) is 10.3. The van der Waals surface area contributed by atoms with Gasteiger partial charge in [0.05, 0.1) is 5.41 Å². The third-order valence-electron chi connectivity index (χ3n) is 11.9. The van der Waals surface area contributed by atoms with E-state index in [0.717, 1.165) is 0 Å². The molecule has 0 aliphatic heterocycles. The molecule has 0 bridgehead atoms. The van der Waals surface area contributed by atoms with Crippen LogP contribution in [0.3, 0.4) is 0 Å². The summed E-state index contributed by atoms with van der Waals surface area (Å²) >= 11 is 0. The van der Waals surface area contributed by atoms with Crippen LogP contribution in [0.1, 0.15) is 76.7 Å². The van der Waals surface area contributed by atoms with Crippen molar-refractivity contribution in [1.82, 2.24) is 0 Å². The van der Waals surface area contributed by atoms with Gasteiger partial charge >= 0.3 is 26.7 Å². The molecule has 0 spiro atoms. The maximum absolute atomic E-state index is 9.75. The van der Waals surface area contributed by atoms with E-state index in [1.165, 1.54) is 92.8 Å². The first kappa shape index (κ1) is 44.1. The normalized spacial score (nSPS) is 17.2. The molecule has 2 atom stereocenters. The summed E-state index contributed by atoms with van der Waals surface area (Å²) in [5.41, 5.74) is 11.6. The molecule has 7 heteroatoms. The minimum absolute atomic E-state index is 0. The van der Waals surface area contributed by atoms with Crippen LogP contribution in [-0.2, 0) is 24.9 Å². The minimum atomic E-state index is -6.00. The second kappa shape index (κ2) is 19.3. The van der Waals surface area contributed by atoms with Crippen LogP contribution in [0.2, 0.25) is 0 Å². The first-order valence-electron chi connectivity index (χ1n) is 20.4. The predicted octanol–water partition coefficient (Wildman–Crippen LogP) is 14.1. The number of aryl methyl sites for hydroxylation is 3. The number of rotatable bonds is 10. The Labute approximate surface area is 361 Å².